The van der Waals surface area contributed by atoms with E-state index in [1.807, 2.05) is 26.0 Å². The van der Waals surface area contributed by atoms with Gasteiger partial charge in [0, 0.05) is 30.2 Å². The van der Waals surface area contributed by atoms with Gasteiger partial charge in [-0.3, -0.25) is 4.90 Å². The van der Waals surface area contributed by atoms with Crippen LogP contribution in [0.2, 0.25) is 5.02 Å². The van der Waals surface area contributed by atoms with Crippen LogP contribution in [0.3, 0.4) is 0 Å². The number of nitrogens with zero attached hydrogens (tertiary/aromatic N) is 1. The lowest BCUT2D eigenvalue weighted by molar-refractivity contribution is 0.259. The molecular formula is C18H29ClN2O2. The van der Waals surface area contributed by atoms with Gasteiger partial charge in [-0.05, 0) is 51.4 Å². The molecule has 1 aliphatic rings. The normalized spacial score (nSPS) is 18.3. The Morgan fingerprint density at radius 3 is 2.52 bits per heavy atom. The summed E-state index contributed by atoms with van der Waals surface area (Å²) in [6.07, 6.45) is 2.58. The minimum atomic E-state index is 0.600. The SMILES string of the molecule is CCOc1cc(Cl)c(CNCC2CCCN2CC)cc1OCC. The molecule has 0 bridgehead atoms. The van der Waals surface area contributed by atoms with Crippen molar-refractivity contribution in [1.29, 1.82) is 0 Å². The molecular weight excluding hydrogens is 312 g/mol. The van der Waals surface area contributed by atoms with Crippen LogP contribution < -0.4 is 14.8 Å². The molecule has 1 atom stereocenters. The molecule has 4 nitrogen and oxygen atoms in total. The third kappa shape index (κ3) is 5.00. The molecule has 0 aliphatic carbocycles. The van der Waals surface area contributed by atoms with Gasteiger partial charge in [-0.15, -0.1) is 0 Å². The van der Waals surface area contributed by atoms with Crippen molar-refractivity contribution < 1.29 is 9.47 Å². The Balaban J connectivity index is 1.97. The lowest BCUT2D eigenvalue weighted by atomic mass is 10.1. The number of nitrogens with one attached hydrogen (secondary N) is 1. The van der Waals surface area contributed by atoms with E-state index < -0.39 is 0 Å². The molecule has 1 aliphatic heterocycles. The molecule has 0 spiro atoms. The Morgan fingerprint density at radius 2 is 1.87 bits per heavy atom. The smallest absolute Gasteiger partial charge is 0.162 e. The van der Waals surface area contributed by atoms with E-state index in [9.17, 15) is 0 Å². The molecule has 1 aromatic rings. The first-order chi connectivity index (χ1) is 11.2. The van der Waals surface area contributed by atoms with Crippen molar-refractivity contribution in [3.8, 4) is 11.5 Å². The second-order valence-corrected chi connectivity index (χ2v) is 6.22. The van der Waals surface area contributed by atoms with Crippen LogP contribution in [0, 0.1) is 0 Å². The molecule has 23 heavy (non-hydrogen) atoms. The van der Waals surface area contributed by atoms with Crippen molar-refractivity contribution in [2.24, 2.45) is 0 Å². The number of rotatable bonds is 9. The predicted molar refractivity (Wildman–Crippen MR) is 95.8 cm³/mol. The molecule has 1 unspecified atom stereocenters. The summed E-state index contributed by atoms with van der Waals surface area (Å²) >= 11 is 6.40. The van der Waals surface area contributed by atoms with Crippen LogP contribution in [0.4, 0.5) is 0 Å². The van der Waals surface area contributed by atoms with E-state index in [4.69, 9.17) is 21.1 Å². The average molecular weight is 341 g/mol. The zero-order valence-corrected chi connectivity index (χ0v) is 15.3. The molecule has 0 aromatic heterocycles. The predicted octanol–water partition coefficient (Wildman–Crippen LogP) is 3.71. The maximum Gasteiger partial charge on any atom is 0.162 e. The second kappa shape index (κ2) is 9.36. The first kappa shape index (κ1) is 18.4. The van der Waals surface area contributed by atoms with E-state index >= 15 is 0 Å². The molecule has 0 saturated carbocycles. The highest BCUT2D eigenvalue weighted by Gasteiger charge is 2.22. The quantitative estimate of drug-likeness (QED) is 0.743. The van der Waals surface area contributed by atoms with Crippen molar-refractivity contribution in [3.63, 3.8) is 0 Å². The van der Waals surface area contributed by atoms with Crippen LogP contribution in [-0.4, -0.2) is 43.8 Å². The Morgan fingerprint density at radius 1 is 1.17 bits per heavy atom. The van der Waals surface area contributed by atoms with Crippen molar-refractivity contribution >= 4 is 11.6 Å². The maximum absolute atomic E-state index is 6.40. The number of ether oxygens (including phenoxy) is 2. The fourth-order valence-corrected chi connectivity index (χ4v) is 3.39. The van der Waals surface area contributed by atoms with E-state index in [2.05, 4.69) is 17.1 Å². The fraction of sp³-hybridized carbons (Fsp3) is 0.667. The highest BCUT2D eigenvalue weighted by Crippen LogP contribution is 2.33. The Kier molecular flexibility index (Phi) is 7.47. The van der Waals surface area contributed by atoms with Crippen molar-refractivity contribution in [2.45, 2.75) is 46.2 Å². The molecule has 2 rings (SSSR count). The minimum Gasteiger partial charge on any atom is -0.490 e. The Labute approximate surface area is 145 Å². The van der Waals surface area contributed by atoms with Crippen LogP contribution in [0.5, 0.6) is 11.5 Å². The zero-order chi connectivity index (χ0) is 16.7. The molecule has 5 heteroatoms. The number of benzene rings is 1. The van der Waals surface area contributed by atoms with Gasteiger partial charge in [-0.25, -0.2) is 0 Å². The van der Waals surface area contributed by atoms with Crippen LogP contribution in [0.25, 0.3) is 0 Å². The fourth-order valence-electron chi connectivity index (χ4n) is 3.17. The zero-order valence-electron chi connectivity index (χ0n) is 14.5. The topological polar surface area (TPSA) is 33.7 Å². The standard InChI is InChI=1S/C18H29ClN2O2/c1-4-21-9-7-8-15(21)13-20-12-14-10-17(22-5-2)18(23-6-3)11-16(14)19/h10-11,15,20H,4-9,12-13H2,1-3H3. The van der Waals surface area contributed by atoms with E-state index in [0.717, 1.165) is 41.7 Å². The third-order valence-corrected chi connectivity index (χ3v) is 4.66. The number of hydrogen-bond donors (Lipinski definition) is 1. The lowest BCUT2D eigenvalue weighted by Gasteiger charge is -2.23. The van der Waals surface area contributed by atoms with Gasteiger partial charge in [0.05, 0.1) is 13.2 Å². The van der Waals surface area contributed by atoms with Gasteiger partial charge in [0.15, 0.2) is 11.5 Å². The van der Waals surface area contributed by atoms with Gasteiger partial charge < -0.3 is 14.8 Å². The third-order valence-electron chi connectivity index (χ3n) is 4.31. The first-order valence-corrected chi connectivity index (χ1v) is 9.10. The molecule has 0 amide bonds. The van der Waals surface area contributed by atoms with E-state index in [1.54, 1.807) is 0 Å². The molecule has 1 N–H and O–H groups in total. The highest BCUT2D eigenvalue weighted by atomic mass is 35.5. The first-order valence-electron chi connectivity index (χ1n) is 8.72. The molecule has 1 heterocycles. The summed E-state index contributed by atoms with van der Waals surface area (Å²) in [6, 6.07) is 4.50. The minimum absolute atomic E-state index is 0.600. The summed E-state index contributed by atoms with van der Waals surface area (Å²) in [6.45, 7) is 11.5. The molecule has 1 aromatic carbocycles. The summed E-state index contributed by atoms with van der Waals surface area (Å²) in [5.41, 5.74) is 1.06. The van der Waals surface area contributed by atoms with Crippen LogP contribution in [0.15, 0.2) is 12.1 Å². The van der Waals surface area contributed by atoms with Crippen LogP contribution in [-0.2, 0) is 6.54 Å². The lowest BCUT2D eigenvalue weighted by Crippen LogP contribution is -2.37. The molecule has 1 saturated heterocycles. The monoisotopic (exact) mass is 340 g/mol. The summed E-state index contributed by atoms with van der Waals surface area (Å²) in [5, 5.41) is 4.27. The van der Waals surface area contributed by atoms with Crippen molar-refractivity contribution in [1.82, 2.24) is 10.2 Å². The van der Waals surface area contributed by atoms with Gasteiger partial charge >= 0.3 is 0 Å². The van der Waals surface area contributed by atoms with E-state index in [1.165, 1.54) is 19.4 Å². The molecule has 130 valence electrons. The van der Waals surface area contributed by atoms with E-state index in [0.29, 0.717) is 19.3 Å². The largest absolute Gasteiger partial charge is 0.490 e. The number of likely N-dealkylation sites (tertiary alicyclic amines) is 1. The van der Waals surface area contributed by atoms with Gasteiger partial charge in [0.1, 0.15) is 0 Å². The maximum atomic E-state index is 6.40. The van der Waals surface area contributed by atoms with Gasteiger partial charge in [-0.2, -0.15) is 0 Å². The van der Waals surface area contributed by atoms with Crippen molar-refractivity contribution in [3.05, 3.63) is 22.7 Å². The highest BCUT2D eigenvalue weighted by molar-refractivity contribution is 6.31. The van der Waals surface area contributed by atoms with Crippen molar-refractivity contribution in [2.75, 3.05) is 32.8 Å². The summed E-state index contributed by atoms with van der Waals surface area (Å²) in [7, 11) is 0. The number of likely N-dealkylation sites (N-methyl/N-ethyl adjacent to an activating group) is 1. The number of halogens is 1. The van der Waals surface area contributed by atoms with E-state index in [-0.39, 0.29) is 0 Å². The Bertz CT molecular complexity index is 496. The number of hydrogen-bond acceptors (Lipinski definition) is 4. The molecule has 1 fully saturated rings. The van der Waals surface area contributed by atoms with Gasteiger partial charge in [0.25, 0.3) is 0 Å². The second-order valence-electron chi connectivity index (χ2n) is 5.81. The average Bonchev–Trinajstić information content (AvgIpc) is 2.99. The van der Waals surface area contributed by atoms with Gasteiger partial charge in [0.2, 0.25) is 0 Å². The summed E-state index contributed by atoms with van der Waals surface area (Å²) in [5.74, 6) is 1.49. The van der Waals surface area contributed by atoms with Crippen LogP contribution >= 0.6 is 11.6 Å². The Hall–Kier alpha value is -0.970. The summed E-state index contributed by atoms with van der Waals surface area (Å²) in [4.78, 5) is 2.54. The summed E-state index contributed by atoms with van der Waals surface area (Å²) < 4.78 is 11.3. The molecule has 0 radical (unpaired) electrons. The van der Waals surface area contributed by atoms with Gasteiger partial charge in [-0.1, -0.05) is 18.5 Å². The van der Waals surface area contributed by atoms with Crippen LogP contribution in [0.1, 0.15) is 39.2 Å².